The number of phenolic OH excluding ortho intramolecular Hbond substituents is 1. The number of aromatic hydroxyl groups is 1. The van der Waals surface area contributed by atoms with Gasteiger partial charge in [0.1, 0.15) is 5.75 Å². The van der Waals surface area contributed by atoms with Crippen LogP contribution in [-0.4, -0.2) is 5.11 Å². The van der Waals surface area contributed by atoms with Gasteiger partial charge in [-0.1, -0.05) is 23.7 Å². The first kappa shape index (κ1) is 12.8. The smallest absolute Gasteiger partial charge is 0.118 e. The van der Waals surface area contributed by atoms with Crippen LogP contribution >= 0.6 is 11.6 Å². The first-order valence-corrected chi connectivity index (χ1v) is 6.22. The molecule has 2 nitrogen and oxygen atoms in total. The lowest BCUT2D eigenvalue weighted by atomic mass is 10.1. The number of hydrogen-bond donors (Lipinski definition) is 2. The molecule has 3 heteroatoms. The first-order chi connectivity index (χ1) is 8.56. The highest BCUT2D eigenvalue weighted by Crippen LogP contribution is 2.21. The van der Waals surface area contributed by atoms with Gasteiger partial charge in [-0.25, -0.2) is 0 Å². The Kier molecular flexibility index (Phi) is 3.78. The number of rotatable bonds is 3. The molecule has 0 aliphatic carbocycles. The number of nitrogens with one attached hydrogen (secondary N) is 1. The van der Waals surface area contributed by atoms with Gasteiger partial charge in [-0.3, -0.25) is 0 Å². The molecule has 0 aromatic heterocycles. The van der Waals surface area contributed by atoms with E-state index >= 15 is 0 Å². The van der Waals surface area contributed by atoms with Crippen molar-refractivity contribution in [3.8, 4) is 5.75 Å². The molecule has 0 saturated heterocycles. The molecule has 2 aromatic carbocycles. The third-order valence-corrected chi connectivity index (χ3v) is 3.34. The van der Waals surface area contributed by atoms with Gasteiger partial charge in [0.05, 0.1) is 0 Å². The highest BCUT2D eigenvalue weighted by Gasteiger charge is 2.00. The number of phenols is 1. The van der Waals surface area contributed by atoms with E-state index in [4.69, 9.17) is 11.6 Å². The van der Waals surface area contributed by atoms with Crippen molar-refractivity contribution in [3.63, 3.8) is 0 Å². The van der Waals surface area contributed by atoms with Crippen molar-refractivity contribution in [3.05, 3.63) is 58.1 Å². The number of aryl methyl sites for hydroxylation is 2. The fraction of sp³-hybridized carbons (Fsp3) is 0.200. The predicted octanol–water partition coefficient (Wildman–Crippen LogP) is 4.27. The van der Waals surface area contributed by atoms with Crippen molar-refractivity contribution in [2.75, 3.05) is 5.32 Å². The quantitative estimate of drug-likeness (QED) is 0.809. The predicted molar refractivity (Wildman–Crippen MR) is 76.4 cm³/mol. The summed E-state index contributed by atoms with van der Waals surface area (Å²) in [5.74, 6) is 0.318. The second kappa shape index (κ2) is 5.32. The van der Waals surface area contributed by atoms with Crippen LogP contribution in [0.1, 0.15) is 16.7 Å². The third kappa shape index (κ3) is 2.96. The molecule has 0 heterocycles. The summed E-state index contributed by atoms with van der Waals surface area (Å²) in [4.78, 5) is 0. The van der Waals surface area contributed by atoms with Crippen molar-refractivity contribution in [1.82, 2.24) is 0 Å². The SMILES string of the molecule is Cc1cc(NCc2ccc(C)c(Cl)c2)ccc1O. The van der Waals surface area contributed by atoms with Crippen molar-refractivity contribution >= 4 is 17.3 Å². The normalized spacial score (nSPS) is 10.4. The van der Waals surface area contributed by atoms with Crippen LogP contribution in [0.25, 0.3) is 0 Å². The Bertz CT molecular complexity index is 515. The van der Waals surface area contributed by atoms with E-state index in [1.54, 1.807) is 6.07 Å². The summed E-state index contributed by atoms with van der Waals surface area (Å²) < 4.78 is 0. The van der Waals surface area contributed by atoms with E-state index in [0.717, 1.165) is 27.4 Å². The lowest BCUT2D eigenvalue weighted by molar-refractivity contribution is 0.471. The molecule has 0 radical (unpaired) electrons. The summed E-state index contributed by atoms with van der Waals surface area (Å²) in [5, 5.41) is 13.5. The summed E-state index contributed by atoms with van der Waals surface area (Å²) in [5.41, 5.74) is 4.07. The van der Waals surface area contributed by atoms with Crippen LogP contribution in [0.2, 0.25) is 5.02 Å². The Hall–Kier alpha value is -1.67. The van der Waals surface area contributed by atoms with Crippen molar-refractivity contribution in [1.29, 1.82) is 0 Å². The molecule has 0 spiro atoms. The van der Waals surface area contributed by atoms with Gasteiger partial charge >= 0.3 is 0 Å². The van der Waals surface area contributed by atoms with Crippen LogP contribution in [0.3, 0.4) is 0 Å². The van der Waals surface area contributed by atoms with E-state index in [1.165, 1.54) is 0 Å². The van der Waals surface area contributed by atoms with Gasteiger partial charge in [-0.05, 0) is 54.8 Å². The molecule has 0 bridgehead atoms. The average molecular weight is 262 g/mol. The highest BCUT2D eigenvalue weighted by atomic mass is 35.5. The molecule has 0 amide bonds. The standard InChI is InChI=1S/C15H16ClNO/c1-10-3-4-12(8-14(10)16)9-17-13-5-6-15(18)11(2)7-13/h3-8,17-18H,9H2,1-2H3. The summed E-state index contributed by atoms with van der Waals surface area (Å²) >= 11 is 6.08. The molecule has 2 aromatic rings. The zero-order chi connectivity index (χ0) is 13.1. The first-order valence-electron chi connectivity index (χ1n) is 5.85. The highest BCUT2D eigenvalue weighted by molar-refractivity contribution is 6.31. The molecule has 0 aliphatic heterocycles. The zero-order valence-electron chi connectivity index (χ0n) is 10.5. The Balaban J connectivity index is 2.06. The largest absolute Gasteiger partial charge is 0.508 e. The van der Waals surface area contributed by atoms with Gasteiger partial charge in [-0.15, -0.1) is 0 Å². The van der Waals surface area contributed by atoms with Gasteiger partial charge < -0.3 is 10.4 Å². The van der Waals surface area contributed by atoms with E-state index < -0.39 is 0 Å². The van der Waals surface area contributed by atoms with Crippen molar-refractivity contribution < 1.29 is 5.11 Å². The van der Waals surface area contributed by atoms with Gasteiger partial charge in [0, 0.05) is 17.3 Å². The van der Waals surface area contributed by atoms with Gasteiger partial charge in [0.25, 0.3) is 0 Å². The van der Waals surface area contributed by atoms with Gasteiger partial charge in [0.2, 0.25) is 0 Å². The van der Waals surface area contributed by atoms with Crippen molar-refractivity contribution in [2.45, 2.75) is 20.4 Å². The van der Waals surface area contributed by atoms with Crippen LogP contribution in [0.4, 0.5) is 5.69 Å². The molecule has 0 aliphatic rings. The lowest BCUT2D eigenvalue weighted by Crippen LogP contribution is -1.99. The molecule has 0 saturated carbocycles. The number of benzene rings is 2. The summed E-state index contributed by atoms with van der Waals surface area (Å²) in [6, 6.07) is 11.5. The number of anilines is 1. The van der Waals surface area contributed by atoms with Gasteiger partial charge in [0.15, 0.2) is 0 Å². The van der Waals surface area contributed by atoms with Crippen LogP contribution in [-0.2, 0) is 6.54 Å². The van der Waals surface area contributed by atoms with Crippen LogP contribution in [0, 0.1) is 13.8 Å². The van der Waals surface area contributed by atoms with E-state index in [1.807, 2.05) is 38.1 Å². The molecule has 0 fully saturated rings. The van der Waals surface area contributed by atoms with Gasteiger partial charge in [-0.2, -0.15) is 0 Å². The minimum Gasteiger partial charge on any atom is -0.508 e. The Morgan fingerprint density at radius 2 is 1.83 bits per heavy atom. The molecule has 0 unspecified atom stereocenters. The van der Waals surface area contributed by atoms with E-state index in [0.29, 0.717) is 12.3 Å². The van der Waals surface area contributed by atoms with E-state index in [2.05, 4.69) is 11.4 Å². The summed E-state index contributed by atoms with van der Waals surface area (Å²) in [6.45, 7) is 4.58. The Labute approximate surface area is 112 Å². The second-order valence-electron chi connectivity index (χ2n) is 4.44. The Morgan fingerprint density at radius 3 is 2.50 bits per heavy atom. The maximum Gasteiger partial charge on any atom is 0.118 e. The van der Waals surface area contributed by atoms with Crippen molar-refractivity contribution in [2.24, 2.45) is 0 Å². The minimum absolute atomic E-state index is 0.318. The molecular formula is C15H16ClNO. The topological polar surface area (TPSA) is 32.3 Å². The molecule has 94 valence electrons. The average Bonchev–Trinajstić information content (AvgIpc) is 2.35. The molecule has 2 rings (SSSR count). The Morgan fingerprint density at radius 1 is 1.06 bits per heavy atom. The molecule has 18 heavy (non-hydrogen) atoms. The fourth-order valence-corrected chi connectivity index (χ4v) is 1.92. The fourth-order valence-electron chi connectivity index (χ4n) is 1.72. The number of halogens is 1. The third-order valence-electron chi connectivity index (χ3n) is 2.93. The second-order valence-corrected chi connectivity index (χ2v) is 4.85. The maximum absolute atomic E-state index is 9.45. The number of hydrogen-bond acceptors (Lipinski definition) is 2. The van der Waals surface area contributed by atoms with Crippen LogP contribution in [0.5, 0.6) is 5.75 Å². The zero-order valence-corrected chi connectivity index (χ0v) is 11.3. The summed E-state index contributed by atoms with van der Waals surface area (Å²) in [6.07, 6.45) is 0. The van der Waals surface area contributed by atoms with E-state index in [9.17, 15) is 5.11 Å². The monoisotopic (exact) mass is 261 g/mol. The van der Waals surface area contributed by atoms with Crippen LogP contribution in [0.15, 0.2) is 36.4 Å². The lowest BCUT2D eigenvalue weighted by Gasteiger charge is -2.09. The summed E-state index contributed by atoms with van der Waals surface area (Å²) in [7, 11) is 0. The molecule has 2 N–H and O–H groups in total. The maximum atomic E-state index is 9.45. The van der Waals surface area contributed by atoms with E-state index in [-0.39, 0.29) is 0 Å². The van der Waals surface area contributed by atoms with Crippen LogP contribution < -0.4 is 5.32 Å². The molecular weight excluding hydrogens is 246 g/mol. The minimum atomic E-state index is 0.318. The molecule has 0 atom stereocenters.